The van der Waals surface area contributed by atoms with Crippen LogP contribution in [0.5, 0.6) is 0 Å². The van der Waals surface area contributed by atoms with E-state index in [9.17, 15) is 0 Å². The van der Waals surface area contributed by atoms with Gasteiger partial charge in [0.05, 0.1) is 0 Å². The van der Waals surface area contributed by atoms with E-state index in [1.807, 2.05) is 0 Å². The summed E-state index contributed by atoms with van der Waals surface area (Å²) in [5.41, 5.74) is 5.68. The molecule has 0 aromatic heterocycles. The van der Waals surface area contributed by atoms with Crippen molar-refractivity contribution in [3.63, 3.8) is 0 Å². The maximum Gasteiger partial charge on any atom is 0.0392 e. The molecule has 1 nitrogen and oxygen atoms in total. The van der Waals surface area contributed by atoms with E-state index in [2.05, 4.69) is 37.0 Å². The molecule has 82 valence electrons. The van der Waals surface area contributed by atoms with Gasteiger partial charge >= 0.3 is 0 Å². The average Bonchev–Trinajstić information content (AvgIpc) is 2.64. The first-order valence-corrected chi connectivity index (χ1v) is 5.34. The Morgan fingerprint density at radius 2 is 1.87 bits per heavy atom. The number of benzene rings is 1. The fraction of sp³-hybridized carbons (Fsp3) is 0.462. The molecule has 0 radical (unpaired) electrons. The molecule has 0 amide bonds. The number of hydrogen-bond acceptors (Lipinski definition) is 1. The summed E-state index contributed by atoms with van der Waals surface area (Å²) in [5.74, 6) is 0. The first-order valence-electron chi connectivity index (χ1n) is 5.34. The average molecular weight is 224 g/mol. The summed E-state index contributed by atoms with van der Waals surface area (Å²) in [7, 11) is 0. The van der Waals surface area contributed by atoms with Crippen molar-refractivity contribution in [1.29, 1.82) is 0 Å². The quantitative estimate of drug-likeness (QED) is 0.728. The van der Waals surface area contributed by atoms with Crippen LogP contribution in [0.25, 0.3) is 0 Å². The Bertz CT molecular complexity index is 349. The fourth-order valence-corrected chi connectivity index (χ4v) is 2.08. The Balaban J connectivity index is 0.00000112. The van der Waals surface area contributed by atoms with E-state index in [0.717, 1.165) is 13.0 Å². The molecule has 1 heterocycles. The Labute approximate surface area is 98.0 Å². The van der Waals surface area contributed by atoms with Crippen molar-refractivity contribution in [3.05, 3.63) is 34.9 Å². The maximum atomic E-state index is 4.53. The second-order valence-electron chi connectivity index (χ2n) is 4.10. The lowest BCUT2D eigenvalue weighted by atomic mass is 9.97. The van der Waals surface area contributed by atoms with Gasteiger partial charge in [-0.25, -0.2) is 0 Å². The zero-order valence-electron chi connectivity index (χ0n) is 9.42. The van der Waals surface area contributed by atoms with Crippen LogP contribution in [-0.4, -0.2) is 12.3 Å². The Morgan fingerprint density at radius 1 is 1.20 bits per heavy atom. The summed E-state index contributed by atoms with van der Waals surface area (Å²) in [6.07, 6.45) is 3.52. The number of aliphatic imine (C=N–C) groups is 1. The molecule has 0 unspecified atom stereocenters. The molecule has 0 atom stereocenters. The van der Waals surface area contributed by atoms with Gasteiger partial charge in [-0.3, -0.25) is 4.99 Å². The topological polar surface area (TPSA) is 12.4 Å². The van der Waals surface area contributed by atoms with E-state index in [4.69, 9.17) is 0 Å². The summed E-state index contributed by atoms with van der Waals surface area (Å²) in [5, 5.41) is 0. The van der Waals surface area contributed by atoms with Crippen LogP contribution in [-0.2, 0) is 6.42 Å². The summed E-state index contributed by atoms with van der Waals surface area (Å²) in [6, 6.07) is 6.51. The molecular formula is C13H18ClN. The van der Waals surface area contributed by atoms with Crippen LogP contribution in [0, 0.1) is 13.8 Å². The Morgan fingerprint density at radius 3 is 2.40 bits per heavy atom. The van der Waals surface area contributed by atoms with E-state index in [-0.39, 0.29) is 12.4 Å². The van der Waals surface area contributed by atoms with E-state index in [1.165, 1.54) is 35.2 Å². The highest BCUT2D eigenvalue weighted by atomic mass is 35.5. The first kappa shape index (κ1) is 12.3. The maximum absolute atomic E-state index is 4.53. The molecule has 15 heavy (non-hydrogen) atoms. The fourth-order valence-electron chi connectivity index (χ4n) is 2.08. The van der Waals surface area contributed by atoms with Crippen LogP contribution >= 0.6 is 12.4 Å². The van der Waals surface area contributed by atoms with Crippen molar-refractivity contribution < 1.29 is 0 Å². The summed E-state index contributed by atoms with van der Waals surface area (Å²) in [6.45, 7) is 5.43. The van der Waals surface area contributed by atoms with Gasteiger partial charge in [-0.1, -0.05) is 18.2 Å². The second kappa shape index (κ2) is 5.32. The van der Waals surface area contributed by atoms with Crippen LogP contribution in [0.2, 0.25) is 0 Å². The van der Waals surface area contributed by atoms with Gasteiger partial charge in [-0.2, -0.15) is 0 Å². The second-order valence-corrected chi connectivity index (χ2v) is 4.10. The van der Waals surface area contributed by atoms with Gasteiger partial charge in [-0.15, -0.1) is 12.4 Å². The molecule has 2 rings (SSSR count). The van der Waals surface area contributed by atoms with Gasteiger partial charge in [0, 0.05) is 18.7 Å². The smallest absolute Gasteiger partial charge is 0.0392 e. The molecule has 0 aliphatic carbocycles. The van der Waals surface area contributed by atoms with Gasteiger partial charge < -0.3 is 0 Å². The van der Waals surface area contributed by atoms with Gasteiger partial charge in [0.1, 0.15) is 0 Å². The normalized spacial score (nSPS) is 14.7. The molecule has 1 aromatic carbocycles. The van der Waals surface area contributed by atoms with Crippen molar-refractivity contribution in [3.8, 4) is 0 Å². The molecule has 0 spiro atoms. The minimum Gasteiger partial charge on any atom is -0.294 e. The standard InChI is InChI=1S/C13H17N.ClH/c1-10-5-3-6-11(2)13(10)9-12-7-4-8-14-12;/h3,5-6H,4,7-9H2,1-2H3;1H. The van der Waals surface area contributed by atoms with Gasteiger partial charge in [0.15, 0.2) is 0 Å². The monoisotopic (exact) mass is 223 g/mol. The molecule has 0 saturated carbocycles. The summed E-state index contributed by atoms with van der Waals surface area (Å²) >= 11 is 0. The highest BCUT2D eigenvalue weighted by Crippen LogP contribution is 2.17. The molecule has 1 aliphatic rings. The predicted octanol–water partition coefficient (Wildman–Crippen LogP) is 3.50. The molecule has 2 heteroatoms. The molecule has 1 aromatic rings. The van der Waals surface area contributed by atoms with Crippen molar-refractivity contribution in [1.82, 2.24) is 0 Å². The highest BCUT2D eigenvalue weighted by Gasteiger charge is 2.09. The number of rotatable bonds is 2. The predicted molar refractivity (Wildman–Crippen MR) is 68.4 cm³/mol. The zero-order valence-corrected chi connectivity index (χ0v) is 10.2. The molecule has 0 N–H and O–H groups in total. The largest absolute Gasteiger partial charge is 0.294 e. The highest BCUT2D eigenvalue weighted by molar-refractivity contribution is 5.88. The number of halogens is 1. The molecule has 0 saturated heterocycles. The van der Waals surface area contributed by atoms with Crippen LogP contribution < -0.4 is 0 Å². The Hall–Kier alpha value is -0.820. The molecule has 1 aliphatic heterocycles. The van der Waals surface area contributed by atoms with Crippen LogP contribution in [0.15, 0.2) is 23.2 Å². The molecule has 0 bridgehead atoms. The van der Waals surface area contributed by atoms with E-state index in [1.54, 1.807) is 0 Å². The third-order valence-electron chi connectivity index (χ3n) is 2.98. The lowest BCUT2D eigenvalue weighted by Gasteiger charge is -2.09. The summed E-state index contributed by atoms with van der Waals surface area (Å²) < 4.78 is 0. The van der Waals surface area contributed by atoms with Crippen LogP contribution in [0.1, 0.15) is 29.5 Å². The van der Waals surface area contributed by atoms with Crippen molar-refractivity contribution in [2.45, 2.75) is 33.1 Å². The zero-order chi connectivity index (χ0) is 9.97. The number of aryl methyl sites for hydroxylation is 2. The minimum absolute atomic E-state index is 0. The number of hydrogen-bond donors (Lipinski definition) is 0. The third kappa shape index (κ3) is 2.82. The van der Waals surface area contributed by atoms with Gasteiger partial charge in [-0.05, 0) is 43.4 Å². The van der Waals surface area contributed by atoms with Crippen molar-refractivity contribution in [2.24, 2.45) is 4.99 Å². The van der Waals surface area contributed by atoms with E-state index in [0.29, 0.717) is 0 Å². The number of nitrogens with zero attached hydrogens (tertiary/aromatic N) is 1. The molecule has 0 fully saturated rings. The molecular weight excluding hydrogens is 206 g/mol. The third-order valence-corrected chi connectivity index (χ3v) is 2.98. The lowest BCUT2D eigenvalue weighted by molar-refractivity contribution is 0.949. The van der Waals surface area contributed by atoms with Crippen LogP contribution in [0.3, 0.4) is 0 Å². The van der Waals surface area contributed by atoms with Gasteiger partial charge in [0.2, 0.25) is 0 Å². The van der Waals surface area contributed by atoms with Gasteiger partial charge in [0.25, 0.3) is 0 Å². The van der Waals surface area contributed by atoms with E-state index >= 15 is 0 Å². The lowest BCUT2D eigenvalue weighted by Crippen LogP contribution is -2.02. The van der Waals surface area contributed by atoms with Crippen molar-refractivity contribution >= 4 is 18.1 Å². The summed E-state index contributed by atoms with van der Waals surface area (Å²) in [4.78, 5) is 4.53. The minimum atomic E-state index is 0. The van der Waals surface area contributed by atoms with E-state index < -0.39 is 0 Å². The SMILES string of the molecule is Cc1cccc(C)c1CC1=NCCC1.Cl. The van der Waals surface area contributed by atoms with Crippen LogP contribution in [0.4, 0.5) is 0 Å². The Kier molecular flexibility index (Phi) is 4.34. The van der Waals surface area contributed by atoms with Crippen molar-refractivity contribution in [2.75, 3.05) is 6.54 Å². The first-order chi connectivity index (χ1) is 6.77.